The average Bonchev–Trinajstić information content (AvgIpc) is 3.06. The molecule has 0 saturated carbocycles. The fourth-order valence-corrected chi connectivity index (χ4v) is 4.53. The standard InChI is InChI=1S/C19H17BrF2N2O4S/c20-10-1-3-13(12(22)7-10)24-6-5-19(27,15(25)8-24)9-28-14-4-2-11(21)16-17(14)29-18(26)23-16/h1-4,7,15,25,27H,5-6,8-9H2,(H,23,26)/t15-,19-/m1/s1. The number of H-pyrrole nitrogens is 1. The number of nitrogens with zero attached hydrogens (tertiary/aromatic N) is 1. The van der Waals surface area contributed by atoms with Gasteiger partial charge in [0, 0.05) is 17.6 Å². The van der Waals surface area contributed by atoms with Gasteiger partial charge in [0.1, 0.15) is 40.4 Å². The third kappa shape index (κ3) is 3.89. The summed E-state index contributed by atoms with van der Waals surface area (Å²) in [6.07, 6.45) is -1.06. The summed E-state index contributed by atoms with van der Waals surface area (Å²) < 4.78 is 34.6. The maximum absolute atomic E-state index is 14.2. The van der Waals surface area contributed by atoms with Gasteiger partial charge in [0.25, 0.3) is 0 Å². The zero-order valence-corrected chi connectivity index (χ0v) is 17.4. The first-order valence-electron chi connectivity index (χ1n) is 8.81. The number of nitrogens with one attached hydrogen (secondary N) is 1. The fraction of sp³-hybridized carbons (Fsp3) is 0.316. The second kappa shape index (κ2) is 7.67. The highest BCUT2D eigenvalue weighted by Crippen LogP contribution is 2.33. The summed E-state index contributed by atoms with van der Waals surface area (Å²) in [4.78, 5) is 15.2. The van der Waals surface area contributed by atoms with Crippen LogP contribution in [0, 0.1) is 11.6 Å². The van der Waals surface area contributed by atoms with Crippen LogP contribution in [-0.4, -0.2) is 46.6 Å². The van der Waals surface area contributed by atoms with Gasteiger partial charge in [0.15, 0.2) is 0 Å². The number of β-amino-alcohol motifs (C(OH)–C–C–N with tert-alkyl or cyclic N) is 1. The number of hydrogen-bond acceptors (Lipinski definition) is 6. The van der Waals surface area contributed by atoms with Crippen molar-refractivity contribution < 1.29 is 23.7 Å². The molecule has 2 aromatic carbocycles. The van der Waals surface area contributed by atoms with Crippen LogP contribution in [0.5, 0.6) is 5.75 Å². The number of aromatic nitrogens is 1. The van der Waals surface area contributed by atoms with Gasteiger partial charge in [-0.1, -0.05) is 27.3 Å². The van der Waals surface area contributed by atoms with Crippen molar-refractivity contribution in [2.75, 3.05) is 24.6 Å². The molecule has 1 aliphatic heterocycles. The number of ether oxygens (including phenoxy) is 1. The van der Waals surface area contributed by atoms with Crippen LogP contribution in [0.1, 0.15) is 6.42 Å². The summed E-state index contributed by atoms with van der Waals surface area (Å²) in [7, 11) is 0. The van der Waals surface area contributed by atoms with Gasteiger partial charge in [-0.05, 0) is 36.8 Å². The van der Waals surface area contributed by atoms with Gasteiger partial charge >= 0.3 is 4.87 Å². The van der Waals surface area contributed by atoms with Crippen LogP contribution in [0.4, 0.5) is 14.5 Å². The lowest BCUT2D eigenvalue weighted by Crippen LogP contribution is -2.58. The van der Waals surface area contributed by atoms with Crippen LogP contribution in [0.3, 0.4) is 0 Å². The number of halogens is 3. The molecule has 0 amide bonds. The molecule has 0 aliphatic carbocycles. The first-order chi connectivity index (χ1) is 13.8. The van der Waals surface area contributed by atoms with Crippen LogP contribution in [0.2, 0.25) is 0 Å². The Kier molecular flexibility index (Phi) is 5.36. The van der Waals surface area contributed by atoms with Crippen LogP contribution in [0.25, 0.3) is 10.2 Å². The molecule has 1 saturated heterocycles. The quantitative estimate of drug-likeness (QED) is 0.527. The summed E-state index contributed by atoms with van der Waals surface area (Å²) in [5.41, 5.74) is -1.18. The number of aromatic amines is 1. The highest BCUT2D eigenvalue weighted by atomic mass is 79.9. The lowest BCUT2D eigenvalue weighted by molar-refractivity contribution is -0.108. The van der Waals surface area contributed by atoms with Crippen LogP contribution in [0.15, 0.2) is 39.6 Å². The molecule has 4 rings (SSSR count). The monoisotopic (exact) mass is 486 g/mol. The minimum Gasteiger partial charge on any atom is -0.489 e. The normalized spacial score (nSPS) is 22.2. The van der Waals surface area contributed by atoms with Gasteiger partial charge in [-0.15, -0.1) is 0 Å². The smallest absolute Gasteiger partial charge is 0.305 e. The molecule has 1 aromatic heterocycles. The Balaban J connectivity index is 1.49. The molecular weight excluding hydrogens is 470 g/mol. The van der Waals surface area contributed by atoms with Crippen molar-refractivity contribution >= 4 is 43.2 Å². The molecule has 29 heavy (non-hydrogen) atoms. The zero-order valence-electron chi connectivity index (χ0n) is 15.0. The van der Waals surface area contributed by atoms with Crippen molar-refractivity contribution in [2.24, 2.45) is 0 Å². The van der Waals surface area contributed by atoms with Crippen LogP contribution >= 0.6 is 27.3 Å². The molecule has 0 bridgehead atoms. The largest absolute Gasteiger partial charge is 0.489 e. The summed E-state index contributed by atoms with van der Waals surface area (Å²) in [5, 5.41) is 21.4. The summed E-state index contributed by atoms with van der Waals surface area (Å²) in [6, 6.07) is 7.20. The molecule has 0 radical (unpaired) electrons. The number of piperidine rings is 1. The third-order valence-corrected chi connectivity index (χ3v) is 6.44. The zero-order chi connectivity index (χ0) is 20.8. The first kappa shape index (κ1) is 20.3. The number of hydrogen-bond donors (Lipinski definition) is 3. The van der Waals surface area contributed by atoms with Crippen LogP contribution < -0.4 is 14.5 Å². The molecule has 1 aliphatic rings. The summed E-state index contributed by atoms with van der Waals surface area (Å²) in [6.45, 7) is 0.0815. The number of aliphatic hydroxyl groups excluding tert-OH is 1. The Morgan fingerprint density at radius 3 is 2.83 bits per heavy atom. The highest BCUT2D eigenvalue weighted by Gasteiger charge is 2.42. The summed E-state index contributed by atoms with van der Waals surface area (Å²) >= 11 is 4.01. The predicted molar refractivity (Wildman–Crippen MR) is 110 cm³/mol. The lowest BCUT2D eigenvalue weighted by atomic mass is 9.89. The Morgan fingerprint density at radius 2 is 2.10 bits per heavy atom. The lowest BCUT2D eigenvalue weighted by Gasteiger charge is -2.42. The van der Waals surface area contributed by atoms with E-state index < -0.39 is 28.2 Å². The Bertz CT molecular complexity index is 1120. The number of aliphatic hydroxyl groups is 2. The van der Waals surface area contributed by atoms with E-state index in [1.807, 2.05) is 0 Å². The highest BCUT2D eigenvalue weighted by molar-refractivity contribution is 9.10. The molecule has 6 nitrogen and oxygen atoms in total. The van der Waals surface area contributed by atoms with E-state index in [9.17, 15) is 23.8 Å². The van der Waals surface area contributed by atoms with Gasteiger partial charge in [-0.25, -0.2) is 8.78 Å². The van der Waals surface area contributed by atoms with E-state index in [0.717, 1.165) is 11.3 Å². The van der Waals surface area contributed by atoms with Gasteiger partial charge < -0.3 is 24.8 Å². The Morgan fingerprint density at radius 1 is 1.31 bits per heavy atom. The number of rotatable bonds is 4. The molecular formula is C19H17BrF2N2O4S. The van der Waals surface area contributed by atoms with Crippen molar-refractivity contribution in [3.63, 3.8) is 0 Å². The molecule has 2 atom stereocenters. The first-order valence-corrected chi connectivity index (χ1v) is 10.4. The Labute approximate surface area is 176 Å². The van der Waals surface area contributed by atoms with Crippen molar-refractivity contribution in [1.29, 1.82) is 0 Å². The van der Waals surface area contributed by atoms with Crippen LogP contribution in [-0.2, 0) is 0 Å². The molecule has 3 N–H and O–H groups in total. The third-order valence-electron chi connectivity index (χ3n) is 5.05. The molecule has 1 fully saturated rings. The number of thiazole rings is 1. The second-order valence-electron chi connectivity index (χ2n) is 6.96. The number of benzene rings is 2. The van der Waals surface area contributed by atoms with Crippen molar-refractivity contribution in [1.82, 2.24) is 4.98 Å². The fourth-order valence-electron chi connectivity index (χ4n) is 3.38. The van der Waals surface area contributed by atoms with E-state index in [0.29, 0.717) is 21.4 Å². The topological polar surface area (TPSA) is 85.8 Å². The van der Waals surface area contributed by atoms with E-state index in [-0.39, 0.29) is 30.8 Å². The van der Waals surface area contributed by atoms with Crippen molar-refractivity contribution in [2.45, 2.75) is 18.1 Å². The van der Waals surface area contributed by atoms with E-state index in [4.69, 9.17) is 4.74 Å². The number of anilines is 1. The molecule has 2 heterocycles. The van der Waals surface area contributed by atoms with Gasteiger partial charge in [0.05, 0.1) is 11.2 Å². The van der Waals surface area contributed by atoms with Crippen molar-refractivity contribution in [3.8, 4) is 5.75 Å². The van der Waals surface area contributed by atoms with E-state index >= 15 is 0 Å². The van der Waals surface area contributed by atoms with Crippen molar-refractivity contribution in [3.05, 3.63) is 56.1 Å². The molecule has 0 spiro atoms. The molecule has 0 unspecified atom stereocenters. The maximum Gasteiger partial charge on any atom is 0.305 e. The minimum absolute atomic E-state index is 0.0225. The second-order valence-corrected chi connectivity index (χ2v) is 8.86. The SMILES string of the molecule is O=c1[nH]c2c(F)ccc(OC[C@]3(O)CCN(c4ccc(Br)cc4F)C[C@H]3O)c2s1. The van der Waals surface area contributed by atoms with E-state index in [2.05, 4.69) is 20.9 Å². The predicted octanol–water partition coefficient (Wildman–Crippen LogP) is 3.01. The summed E-state index contributed by atoms with van der Waals surface area (Å²) in [5.74, 6) is -0.759. The molecule has 3 aromatic rings. The van der Waals surface area contributed by atoms with E-state index in [1.54, 1.807) is 17.0 Å². The average molecular weight is 487 g/mol. The minimum atomic E-state index is -1.57. The number of fused-ring (bicyclic) bond motifs is 1. The van der Waals surface area contributed by atoms with E-state index in [1.165, 1.54) is 18.2 Å². The van der Waals surface area contributed by atoms with Gasteiger partial charge in [-0.3, -0.25) is 4.79 Å². The van der Waals surface area contributed by atoms with Gasteiger partial charge in [0.2, 0.25) is 0 Å². The molecule has 10 heteroatoms. The maximum atomic E-state index is 14.2. The Hall–Kier alpha value is -2.01. The molecule has 154 valence electrons. The van der Waals surface area contributed by atoms with Gasteiger partial charge in [-0.2, -0.15) is 0 Å².